The van der Waals surface area contributed by atoms with Gasteiger partial charge < -0.3 is 20.1 Å². The Kier molecular flexibility index (Phi) is 3.66. The summed E-state index contributed by atoms with van der Waals surface area (Å²) in [6, 6.07) is 5.51. The summed E-state index contributed by atoms with van der Waals surface area (Å²) in [5, 5.41) is 0. The first-order valence-corrected chi connectivity index (χ1v) is 5.91. The Hall–Kier alpha value is -1.82. The number of methoxy groups -OCH3 is 1. The van der Waals surface area contributed by atoms with E-state index >= 15 is 0 Å². The molecule has 18 heavy (non-hydrogen) atoms. The summed E-state index contributed by atoms with van der Waals surface area (Å²) in [5.74, 6) is 0.618. The second kappa shape index (κ2) is 5.22. The highest BCUT2D eigenvalue weighted by Crippen LogP contribution is 2.21. The molecule has 1 aliphatic heterocycles. The van der Waals surface area contributed by atoms with E-state index < -0.39 is 0 Å². The molecule has 1 aliphatic rings. The third-order valence-electron chi connectivity index (χ3n) is 2.75. The van der Waals surface area contributed by atoms with Gasteiger partial charge in [0, 0.05) is 6.54 Å². The number of cyclic esters (lactones) is 1. The van der Waals surface area contributed by atoms with E-state index in [0.29, 0.717) is 36.0 Å². The van der Waals surface area contributed by atoms with Crippen LogP contribution in [0.2, 0.25) is 0 Å². The summed E-state index contributed by atoms with van der Waals surface area (Å²) in [6.45, 7) is 1.55. The number of thiocarbonyl (C=S) groups is 1. The van der Waals surface area contributed by atoms with Crippen molar-refractivity contribution in [2.75, 3.05) is 20.3 Å². The van der Waals surface area contributed by atoms with Gasteiger partial charge in [0.15, 0.2) is 0 Å². The van der Waals surface area contributed by atoms with Crippen LogP contribution in [0.3, 0.4) is 0 Å². The van der Waals surface area contributed by atoms with Gasteiger partial charge in [-0.05, 0) is 17.7 Å². The Morgan fingerprint density at radius 2 is 2.39 bits per heavy atom. The molecule has 1 amide bonds. The van der Waals surface area contributed by atoms with Crippen molar-refractivity contribution in [1.82, 2.24) is 4.90 Å². The van der Waals surface area contributed by atoms with Crippen molar-refractivity contribution in [2.24, 2.45) is 5.73 Å². The SMILES string of the molecule is COc1cc(CN2CCOC2=O)ccc1C(N)=S. The van der Waals surface area contributed by atoms with Gasteiger partial charge in [-0.25, -0.2) is 4.79 Å². The van der Waals surface area contributed by atoms with E-state index in [0.717, 1.165) is 5.56 Å². The Morgan fingerprint density at radius 3 is 2.94 bits per heavy atom. The molecule has 1 fully saturated rings. The standard InChI is InChI=1S/C12H14N2O3S/c1-16-10-6-8(2-3-9(10)11(13)18)7-14-4-5-17-12(14)15/h2-3,6H,4-5,7H2,1H3,(H2,13,18). The molecule has 0 radical (unpaired) electrons. The lowest BCUT2D eigenvalue weighted by molar-refractivity contribution is 0.157. The fraction of sp³-hybridized carbons (Fsp3) is 0.333. The van der Waals surface area contributed by atoms with Crippen molar-refractivity contribution < 1.29 is 14.3 Å². The van der Waals surface area contributed by atoms with Crippen LogP contribution in [0.4, 0.5) is 4.79 Å². The lowest BCUT2D eigenvalue weighted by Crippen LogP contribution is -2.23. The van der Waals surface area contributed by atoms with Crippen molar-refractivity contribution >= 4 is 23.3 Å². The normalized spacial score (nSPS) is 14.5. The molecule has 1 heterocycles. The average molecular weight is 266 g/mol. The molecule has 0 aliphatic carbocycles. The minimum Gasteiger partial charge on any atom is -0.496 e. The smallest absolute Gasteiger partial charge is 0.410 e. The van der Waals surface area contributed by atoms with E-state index in [1.54, 1.807) is 18.1 Å². The molecule has 0 bridgehead atoms. The van der Waals surface area contributed by atoms with Gasteiger partial charge in [-0.2, -0.15) is 0 Å². The second-order valence-corrected chi connectivity index (χ2v) is 4.37. The molecule has 1 saturated heterocycles. The van der Waals surface area contributed by atoms with Crippen molar-refractivity contribution in [3.63, 3.8) is 0 Å². The number of carbonyl (C=O) groups is 1. The molecule has 2 N–H and O–H groups in total. The number of ether oxygens (including phenoxy) is 2. The van der Waals surface area contributed by atoms with Crippen molar-refractivity contribution in [3.8, 4) is 5.75 Å². The first-order valence-electron chi connectivity index (χ1n) is 5.50. The van der Waals surface area contributed by atoms with E-state index in [1.165, 1.54) is 0 Å². The van der Waals surface area contributed by atoms with Gasteiger partial charge in [0.05, 0.1) is 19.2 Å². The van der Waals surface area contributed by atoms with Crippen LogP contribution in [-0.2, 0) is 11.3 Å². The maximum Gasteiger partial charge on any atom is 0.410 e. The Bertz CT molecular complexity index is 490. The number of hydrogen-bond donors (Lipinski definition) is 1. The topological polar surface area (TPSA) is 64.8 Å². The van der Waals surface area contributed by atoms with Crippen molar-refractivity contribution in [1.29, 1.82) is 0 Å². The summed E-state index contributed by atoms with van der Waals surface area (Å²) in [7, 11) is 1.56. The number of rotatable bonds is 4. The molecular formula is C12H14N2O3S. The third-order valence-corrected chi connectivity index (χ3v) is 2.97. The monoisotopic (exact) mass is 266 g/mol. The van der Waals surface area contributed by atoms with Gasteiger partial charge in [0.25, 0.3) is 0 Å². The van der Waals surface area contributed by atoms with Crippen LogP contribution >= 0.6 is 12.2 Å². The number of hydrogen-bond acceptors (Lipinski definition) is 4. The molecule has 0 aromatic heterocycles. The van der Waals surface area contributed by atoms with E-state index in [-0.39, 0.29) is 6.09 Å². The van der Waals surface area contributed by atoms with E-state index in [9.17, 15) is 4.79 Å². The number of amides is 1. The highest BCUT2D eigenvalue weighted by Gasteiger charge is 2.22. The molecule has 6 heteroatoms. The third kappa shape index (κ3) is 2.53. The van der Waals surface area contributed by atoms with Crippen LogP contribution in [-0.4, -0.2) is 36.2 Å². The highest BCUT2D eigenvalue weighted by molar-refractivity contribution is 7.80. The van der Waals surface area contributed by atoms with Crippen LogP contribution < -0.4 is 10.5 Å². The fourth-order valence-electron chi connectivity index (χ4n) is 1.83. The summed E-state index contributed by atoms with van der Waals surface area (Å²) in [4.78, 5) is 13.3. The first kappa shape index (κ1) is 12.6. The van der Waals surface area contributed by atoms with Gasteiger partial charge in [0.2, 0.25) is 0 Å². The molecule has 0 spiro atoms. The molecule has 0 unspecified atom stereocenters. The first-order chi connectivity index (χ1) is 8.61. The minimum absolute atomic E-state index is 0.285. The largest absolute Gasteiger partial charge is 0.496 e. The zero-order valence-corrected chi connectivity index (χ0v) is 10.8. The summed E-state index contributed by atoms with van der Waals surface area (Å²) in [6.07, 6.45) is -0.285. The molecule has 0 atom stereocenters. The summed E-state index contributed by atoms with van der Waals surface area (Å²) >= 11 is 4.93. The van der Waals surface area contributed by atoms with Gasteiger partial charge in [-0.15, -0.1) is 0 Å². The molecular weight excluding hydrogens is 252 g/mol. The zero-order valence-electron chi connectivity index (χ0n) is 10.0. The predicted octanol–water partition coefficient (Wildman–Crippen LogP) is 1.28. The average Bonchev–Trinajstić information content (AvgIpc) is 2.74. The number of nitrogens with zero attached hydrogens (tertiary/aromatic N) is 1. The summed E-state index contributed by atoms with van der Waals surface area (Å²) in [5.41, 5.74) is 7.24. The maximum atomic E-state index is 11.3. The molecule has 96 valence electrons. The van der Waals surface area contributed by atoms with Gasteiger partial charge in [-0.3, -0.25) is 0 Å². The second-order valence-electron chi connectivity index (χ2n) is 3.93. The lowest BCUT2D eigenvalue weighted by atomic mass is 10.1. The number of nitrogens with two attached hydrogens (primary N) is 1. The van der Waals surface area contributed by atoms with Crippen LogP contribution in [0.1, 0.15) is 11.1 Å². The van der Waals surface area contributed by atoms with E-state index in [4.69, 9.17) is 27.4 Å². The van der Waals surface area contributed by atoms with E-state index in [2.05, 4.69) is 0 Å². The number of carbonyl (C=O) groups excluding carboxylic acids is 1. The Labute approximate surface area is 110 Å². The van der Waals surface area contributed by atoms with Crippen LogP contribution in [0.5, 0.6) is 5.75 Å². The number of benzene rings is 1. The minimum atomic E-state index is -0.285. The van der Waals surface area contributed by atoms with Crippen LogP contribution in [0, 0.1) is 0 Å². The quantitative estimate of drug-likeness (QED) is 0.832. The molecule has 2 rings (SSSR count). The maximum absolute atomic E-state index is 11.3. The zero-order chi connectivity index (χ0) is 13.1. The summed E-state index contributed by atoms with van der Waals surface area (Å²) < 4.78 is 10.1. The highest BCUT2D eigenvalue weighted by atomic mass is 32.1. The van der Waals surface area contributed by atoms with Gasteiger partial charge >= 0.3 is 6.09 Å². The predicted molar refractivity (Wildman–Crippen MR) is 70.6 cm³/mol. The molecule has 0 saturated carbocycles. The molecule has 1 aromatic carbocycles. The van der Waals surface area contributed by atoms with E-state index in [1.807, 2.05) is 12.1 Å². The Morgan fingerprint density at radius 1 is 1.61 bits per heavy atom. The molecule has 1 aromatic rings. The molecule has 5 nitrogen and oxygen atoms in total. The van der Waals surface area contributed by atoms with Gasteiger partial charge in [-0.1, -0.05) is 18.3 Å². The van der Waals surface area contributed by atoms with Crippen molar-refractivity contribution in [3.05, 3.63) is 29.3 Å². The lowest BCUT2D eigenvalue weighted by Gasteiger charge is -2.14. The fourth-order valence-corrected chi connectivity index (χ4v) is 2.00. The Balaban J connectivity index is 2.19. The van der Waals surface area contributed by atoms with Crippen LogP contribution in [0.15, 0.2) is 18.2 Å². The van der Waals surface area contributed by atoms with Crippen molar-refractivity contribution in [2.45, 2.75) is 6.54 Å². The van der Waals surface area contributed by atoms with Crippen LogP contribution in [0.25, 0.3) is 0 Å². The van der Waals surface area contributed by atoms with Gasteiger partial charge in [0.1, 0.15) is 17.3 Å².